The van der Waals surface area contributed by atoms with Gasteiger partial charge in [-0.05, 0) is 35.7 Å². The van der Waals surface area contributed by atoms with Crippen LogP contribution in [0.2, 0.25) is 0 Å². The number of halogens is 1. The number of tetrazole rings is 1. The highest BCUT2D eigenvalue weighted by molar-refractivity contribution is 5.85. The van der Waals surface area contributed by atoms with Gasteiger partial charge in [0.25, 0.3) is 0 Å². The van der Waals surface area contributed by atoms with E-state index < -0.39 is 0 Å². The Morgan fingerprint density at radius 3 is 2.89 bits per heavy atom. The number of carbonyl (C=O) groups is 1. The van der Waals surface area contributed by atoms with E-state index in [0.29, 0.717) is 12.5 Å². The topological polar surface area (TPSA) is 98.7 Å². The van der Waals surface area contributed by atoms with Crippen LogP contribution < -0.4 is 11.1 Å². The second kappa shape index (κ2) is 7.27. The summed E-state index contributed by atoms with van der Waals surface area (Å²) in [6, 6.07) is 0.206. The van der Waals surface area contributed by atoms with Crippen LogP contribution in [0.25, 0.3) is 0 Å². The molecular weight excluding hydrogens is 256 g/mol. The Hall–Kier alpha value is -1.21. The van der Waals surface area contributed by atoms with Crippen LogP contribution in [-0.4, -0.2) is 38.7 Å². The lowest BCUT2D eigenvalue weighted by molar-refractivity contribution is -0.123. The molecule has 18 heavy (non-hydrogen) atoms. The molecule has 1 heterocycles. The van der Waals surface area contributed by atoms with E-state index in [2.05, 4.69) is 20.8 Å². The first-order valence-electron chi connectivity index (χ1n) is 6.00. The van der Waals surface area contributed by atoms with E-state index in [1.807, 2.05) is 0 Å². The molecule has 1 aromatic heterocycles. The van der Waals surface area contributed by atoms with Crippen molar-refractivity contribution in [2.75, 3.05) is 6.54 Å². The van der Waals surface area contributed by atoms with Crippen LogP contribution in [0.4, 0.5) is 0 Å². The van der Waals surface area contributed by atoms with Crippen molar-refractivity contribution in [1.29, 1.82) is 0 Å². The Bertz CT molecular complexity index is 357. The summed E-state index contributed by atoms with van der Waals surface area (Å²) in [6.45, 7) is 0.802. The average Bonchev–Trinajstić information content (AvgIpc) is 2.82. The van der Waals surface area contributed by atoms with Gasteiger partial charge in [-0.2, -0.15) is 0 Å². The van der Waals surface area contributed by atoms with Gasteiger partial charge < -0.3 is 11.1 Å². The van der Waals surface area contributed by atoms with Gasteiger partial charge in [-0.1, -0.05) is 12.8 Å². The third kappa shape index (κ3) is 3.92. The van der Waals surface area contributed by atoms with E-state index in [-0.39, 0.29) is 30.9 Å². The normalized spacial score (nSPS) is 23.2. The highest BCUT2D eigenvalue weighted by Gasteiger charge is 2.25. The van der Waals surface area contributed by atoms with Crippen LogP contribution in [0.3, 0.4) is 0 Å². The van der Waals surface area contributed by atoms with E-state index >= 15 is 0 Å². The molecule has 0 aliphatic heterocycles. The average molecular weight is 275 g/mol. The molecule has 7 nitrogen and oxygen atoms in total. The summed E-state index contributed by atoms with van der Waals surface area (Å²) < 4.78 is 1.41. The molecule has 2 atom stereocenters. The maximum Gasteiger partial charge on any atom is 0.242 e. The minimum Gasteiger partial charge on any atom is -0.351 e. The zero-order valence-corrected chi connectivity index (χ0v) is 11.0. The SMILES string of the molecule is Cl.NCC1CCCCC1NC(=O)Cn1cnnn1. The number of hydrogen-bond donors (Lipinski definition) is 2. The van der Waals surface area contributed by atoms with Gasteiger partial charge in [0, 0.05) is 6.04 Å². The summed E-state index contributed by atoms with van der Waals surface area (Å²) >= 11 is 0. The van der Waals surface area contributed by atoms with E-state index in [9.17, 15) is 4.79 Å². The van der Waals surface area contributed by atoms with Gasteiger partial charge in [-0.3, -0.25) is 4.79 Å². The van der Waals surface area contributed by atoms with Crippen LogP contribution >= 0.6 is 12.4 Å². The Labute approximate surface area is 112 Å². The number of rotatable bonds is 4. The lowest BCUT2D eigenvalue weighted by atomic mass is 9.84. The Morgan fingerprint density at radius 1 is 1.44 bits per heavy atom. The third-order valence-electron chi connectivity index (χ3n) is 3.26. The molecule has 0 spiro atoms. The standard InChI is InChI=1S/C10H18N6O.ClH/c11-5-8-3-1-2-4-9(8)13-10(17)6-16-7-12-14-15-16;/h7-9H,1-6,11H2,(H,13,17);1H. The fourth-order valence-electron chi connectivity index (χ4n) is 2.33. The van der Waals surface area contributed by atoms with E-state index in [4.69, 9.17) is 5.73 Å². The molecule has 0 bridgehead atoms. The Balaban J connectivity index is 0.00000162. The first kappa shape index (κ1) is 14.8. The number of carbonyl (C=O) groups excluding carboxylic acids is 1. The van der Waals surface area contributed by atoms with Gasteiger partial charge in [0.1, 0.15) is 12.9 Å². The molecule has 1 amide bonds. The molecule has 2 unspecified atom stereocenters. The molecule has 102 valence electrons. The maximum absolute atomic E-state index is 11.8. The number of nitrogens with zero attached hydrogens (tertiary/aromatic N) is 4. The minimum atomic E-state index is -0.0531. The fraction of sp³-hybridized carbons (Fsp3) is 0.800. The van der Waals surface area contributed by atoms with Crippen molar-refractivity contribution >= 4 is 18.3 Å². The first-order valence-corrected chi connectivity index (χ1v) is 6.00. The van der Waals surface area contributed by atoms with Crippen LogP contribution in [0.15, 0.2) is 6.33 Å². The fourth-order valence-corrected chi connectivity index (χ4v) is 2.33. The van der Waals surface area contributed by atoms with E-state index in [1.54, 1.807) is 0 Å². The summed E-state index contributed by atoms with van der Waals surface area (Å²) in [7, 11) is 0. The Kier molecular flexibility index (Phi) is 6.00. The van der Waals surface area contributed by atoms with Gasteiger partial charge in [0.05, 0.1) is 0 Å². The number of nitrogens with one attached hydrogen (secondary N) is 1. The lowest BCUT2D eigenvalue weighted by Crippen LogP contribution is -2.45. The molecule has 1 saturated carbocycles. The maximum atomic E-state index is 11.8. The summed E-state index contributed by atoms with van der Waals surface area (Å²) in [5.41, 5.74) is 5.72. The summed E-state index contributed by atoms with van der Waals surface area (Å²) in [4.78, 5) is 11.8. The van der Waals surface area contributed by atoms with Crippen LogP contribution in [0.1, 0.15) is 25.7 Å². The second-order valence-corrected chi connectivity index (χ2v) is 4.46. The summed E-state index contributed by atoms with van der Waals surface area (Å²) in [5.74, 6) is 0.351. The third-order valence-corrected chi connectivity index (χ3v) is 3.26. The minimum absolute atomic E-state index is 0. The van der Waals surface area contributed by atoms with E-state index in [1.165, 1.54) is 17.4 Å². The zero-order chi connectivity index (χ0) is 12.1. The van der Waals surface area contributed by atoms with E-state index in [0.717, 1.165) is 19.3 Å². The van der Waals surface area contributed by atoms with Gasteiger partial charge in [0.2, 0.25) is 5.91 Å². The monoisotopic (exact) mass is 274 g/mol. The molecular formula is C10H19ClN6O. The van der Waals surface area contributed by atoms with Crippen molar-refractivity contribution in [2.45, 2.75) is 38.3 Å². The molecule has 2 rings (SSSR count). The van der Waals surface area contributed by atoms with Crippen molar-refractivity contribution < 1.29 is 4.79 Å². The van der Waals surface area contributed by atoms with Crippen molar-refractivity contribution in [3.8, 4) is 0 Å². The molecule has 8 heteroatoms. The van der Waals surface area contributed by atoms with Crippen LogP contribution in [0, 0.1) is 5.92 Å². The number of hydrogen-bond acceptors (Lipinski definition) is 5. The molecule has 0 saturated heterocycles. The zero-order valence-electron chi connectivity index (χ0n) is 10.2. The molecule has 0 radical (unpaired) electrons. The second-order valence-electron chi connectivity index (χ2n) is 4.46. The predicted molar refractivity (Wildman–Crippen MR) is 68.0 cm³/mol. The van der Waals surface area contributed by atoms with Crippen molar-refractivity contribution in [3.63, 3.8) is 0 Å². The molecule has 1 aliphatic carbocycles. The van der Waals surface area contributed by atoms with Crippen molar-refractivity contribution in [3.05, 3.63) is 6.33 Å². The van der Waals surface area contributed by atoms with Crippen molar-refractivity contribution in [2.24, 2.45) is 11.7 Å². The lowest BCUT2D eigenvalue weighted by Gasteiger charge is -2.31. The highest BCUT2D eigenvalue weighted by atomic mass is 35.5. The number of aromatic nitrogens is 4. The smallest absolute Gasteiger partial charge is 0.242 e. The predicted octanol–water partition coefficient (Wildman–Crippen LogP) is -0.271. The molecule has 1 fully saturated rings. The number of nitrogens with two attached hydrogens (primary N) is 1. The van der Waals surface area contributed by atoms with Crippen LogP contribution in [-0.2, 0) is 11.3 Å². The largest absolute Gasteiger partial charge is 0.351 e. The molecule has 3 N–H and O–H groups in total. The van der Waals surface area contributed by atoms with Crippen molar-refractivity contribution in [1.82, 2.24) is 25.5 Å². The summed E-state index contributed by atoms with van der Waals surface area (Å²) in [6.07, 6.45) is 5.92. The quantitative estimate of drug-likeness (QED) is 0.787. The van der Waals surface area contributed by atoms with Gasteiger partial charge in [-0.15, -0.1) is 17.5 Å². The molecule has 1 aliphatic rings. The highest BCUT2D eigenvalue weighted by Crippen LogP contribution is 2.23. The summed E-state index contributed by atoms with van der Waals surface area (Å²) in [5, 5.41) is 13.7. The Morgan fingerprint density at radius 2 is 2.22 bits per heavy atom. The van der Waals surface area contributed by atoms with Crippen LogP contribution in [0.5, 0.6) is 0 Å². The molecule has 0 aromatic carbocycles. The van der Waals surface area contributed by atoms with Gasteiger partial charge in [0.15, 0.2) is 0 Å². The van der Waals surface area contributed by atoms with Gasteiger partial charge in [-0.25, -0.2) is 4.68 Å². The molecule has 1 aromatic rings. The van der Waals surface area contributed by atoms with Gasteiger partial charge >= 0.3 is 0 Å². The first-order chi connectivity index (χ1) is 8.29. The number of amides is 1.